The van der Waals surface area contributed by atoms with Gasteiger partial charge in [0.15, 0.2) is 11.8 Å². The minimum atomic E-state index is -0.409. The molecule has 0 bridgehead atoms. The molecule has 156 valence electrons. The van der Waals surface area contributed by atoms with Crippen LogP contribution in [0, 0.1) is 13.8 Å². The highest BCUT2D eigenvalue weighted by atomic mass is 32.2. The van der Waals surface area contributed by atoms with Crippen molar-refractivity contribution in [1.82, 2.24) is 15.3 Å². The van der Waals surface area contributed by atoms with Crippen molar-refractivity contribution in [2.24, 2.45) is 0 Å². The van der Waals surface area contributed by atoms with Crippen molar-refractivity contribution in [1.29, 1.82) is 0 Å². The Morgan fingerprint density at radius 2 is 1.76 bits per heavy atom. The Hall–Kier alpha value is -2.41. The van der Waals surface area contributed by atoms with Crippen LogP contribution in [0.4, 0.5) is 0 Å². The van der Waals surface area contributed by atoms with Crippen LogP contribution in [-0.2, 0) is 27.2 Å². The van der Waals surface area contributed by atoms with Gasteiger partial charge in [-0.2, -0.15) is 0 Å². The summed E-state index contributed by atoms with van der Waals surface area (Å²) in [6, 6.07) is 7.97. The molecule has 0 radical (unpaired) electrons. The average Bonchev–Trinajstić information content (AvgIpc) is 2.71. The van der Waals surface area contributed by atoms with Crippen molar-refractivity contribution >= 4 is 23.6 Å². The summed E-state index contributed by atoms with van der Waals surface area (Å²) < 4.78 is 5.13. The van der Waals surface area contributed by atoms with E-state index in [1.54, 1.807) is 0 Å². The lowest BCUT2D eigenvalue weighted by Gasteiger charge is -2.15. The molecule has 1 atom stereocenters. The first-order valence-electron chi connectivity index (χ1n) is 9.76. The van der Waals surface area contributed by atoms with Gasteiger partial charge in [0.1, 0.15) is 0 Å². The van der Waals surface area contributed by atoms with Gasteiger partial charge in [0, 0.05) is 17.8 Å². The molecule has 7 heteroatoms. The van der Waals surface area contributed by atoms with Gasteiger partial charge >= 0.3 is 5.97 Å². The van der Waals surface area contributed by atoms with Crippen LogP contribution < -0.4 is 5.32 Å². The summed E-state index contributed by atoms with van der Waals surface area (Å²) in [5, 5.41) is 3.58. The molecule has 0 saturated carbocycles. The third-order valence-corrected chi connectivity index (χ3v) is 5.34. The lowest BCUT2D eigenvalue weighted by atomic mass is 10.1. The minimum Gasteiger partial charge on any atom is -0.456 e. The molecule has 1 aromatic heterocycles. The van der Waals surface area contributed by atoms with Crippen LogP contribution >= 0.6 is 11.8 Å². The van der Waals surface area contributed by atoms with E-state index in [2.05, 4.69) is 34.3 Å². The normalized spacial score (nSPS) is 11.8. The highest BCUT2D eigenvalue weighted by Crippen LogP contribution is 2.17. The minimum absolute atomic E-state index is 0.149. The molecule has 1 aromatic carbocycles. The van der Waals surface area contributed by atoms with Gasteiger partial charge in [-0.1, -0.05) is 43.0 Å². The van der Waals surface area contributed by atoms with Crippen molar-refractivity contribution in [2.75, 3.05) is 12.9 Å². The fraction of sp³-hybridized carbons (Fsp3) is 0.455. The molecule has 0 fully saturated rings. The first-order chi connectivity index (χ1) is 13.8. The zero-order valence-corrected chi connectivity index (χ0v) is 18.6. The molecule has 1 amide bonds. The van der Waals surface area contributed by atoms with E-state index in [9.17, 15) is 9.59 Å². The van der Waals surface area contributed by atoms with E-state index in [-0.39, 0.29) is 25.0 Å². The van der Waals surface area contributed by atoms with E-state index in [1.165, 1.54) is 17.3 Å². The monoisotopic (exact) mass is 415 g/mol. The van der Waals surface area contributed by atoms with Crippen LogP contribution in [0.3, 0.4) is 0 Å². The van der Waals surface area contributed by atoms with E-state index in [0.717, 1.165) is 34.1 Å². The fourth-order valence-electron chi connectivity index (χ4n) is 3.02. The zero-order valence-electron chi connectivity index (χ0n) is 17.7. The summed E-state index contributed by atoms with van der Waals surface area (Å²) in [6.45, 7) is 7.55. The molecular weight excluding hydrogens is 386 g/mol. The van der Waals surface area contributed by atoms with Crippen molar-refractivity contribution in [3.8, 4) is 0 Å². The molecule has 0 spiro atoms. The third kappa shape index (κ3) is 6.85. The van der Waals surface area contributed by atoms with Crippen LogP contribution in [0.25, 0.3) is 0 Å². The summed E-state index contributed by atoms with van der Waals surface area (Å²) in [4.78, 5) is 33.0. The molecule has 2 rings (SSSR count). The Kier molecular flexibility index (Phi) is 8.64. The van der Waals surface area contributed by atoms with Crippen molar-refractivity contribution in [3.05, 3.63) is 52.3 Å². The number of thioether (sulfide) groups is 1. The van der Waals surface area contributed by atoms with Crippen LogP contribution in [0.2, 0.25) is 0 Å². The molecule has 0 aliphatic carbocycles. The zero-order chi connectivity index (χ0) is 21.4. The average molecular weight is 416 g/mol. The maximum absolute atomic E-state index is 12.1. The van der Waals surface area contributed by atoms with Crippen LogP contribution in [0.5, 0.6) is 0 Å². The summed E-state index contributed by atoms with van der Waals surface area (Å²) in [6.07, 6.45) is 3.58. The fourth-order valence-corrected chi connectivity index (χ4v) is 3.47. The summed E-state index contributed by atoms with van der Waals surface area (Å²) in [7, 11) is 0. The number of rotatable bonds is 9. The number of hydrogen-bond acceptors (Lipinski definition) is 6. The predicted octanol–water partition coefficient (Wildman–Crippen LogP) is 3.73. The molecular formula is C22H29N3O3S. The highest BCUT2D eigenvalue weighted by Gasteiger charge is 2.14. The highest BCUT2D eigenvalue weighted by molar-refractivity contribution is 7.98. The summed E-state index contributed by atoms with van der Waals surface area (Å²) in [5.74, 6) is -0.724. The maximum atomic E-state index is 12.1. The SMILES string of the molecule is CCc1ccc([C@H](C)NC(=O)COC(=O)CCc2c(C)nc(SC)nc2C)cc1. The molecule has 0 aliphatic heterocycles. The van der Waals surface area contributed by atoms with E-state index in [4.69, 9.17) is 4.74 Å². The van der Waals surface area contributed by atoms with E-state index < -0.39 is 5.97 Å². The maximum Gasteiger partial charge on any atom is 0.306 e. The van der Waals surface area contributed by atoms with Gasteiger partial charge in [-0.15, -0.1) is 0 Å². The van der Waals surface area contributed by atoms with Gasteiger partial charge in [-0.3, -0.25) is 9.59 Å². The Bertz CT molecular complexity index is 830. The van der Waals surface area contributed by atoms with Crippen LogP contribution in [0.1, 0.15) is 54.4 Å². The Balaban J connectivity index is 1.79. The van der Waals surface area contributed by atoms with Crippen LogP contribution in [0.15, 0.2) is 29.4 Å². The first-order valence-corrected chi connectivity index (χ1v) is 11.0. The number of carbonyl (C=O) groups excluding carboxylic acids is 2. The largest absolute Gasteiger partial charge is 0.456 e. The lowest BCUT2D eigenvalue weighted by Crippen LogP contribution is -2.31. The molecule has 0 aliphatic rings. The standard InChI is InChI=1S/C22H29N3O3S/c1-6-17-7-9-18(10-8-17)14(2)23-20(26)13-28-21(27)12-11-19-15(3)24-22(29-5)25-16(19)4/h7-10,14H,6,11-13H2,1-5H3,(H,23,26)/t14-/m0/s1. The smallest absolute Gasteiger partial charge is 0.306 e. The number of esters is 1. The number of aryl methyl sites for hydroxylation is 3. The van der Waals surface area contributed by atoms with Crippen molar-refractivity contribution < 1.29 is 14.3 Å². The number of carbonyl (C=O) groups is 2. The number of aromatic nitrogens is 2. The van der Waals surface area contributed by atoms with Gasteiger partial charge in [0.05, 0.1) is 6.04 Å². The number of hydrogen-bond donors (Lipinski definition) is 1. The molecule has 0 unspecified atom stereocenters. The summed E-state index contributed by atoms with van der Waals surface area (Å²) in [5.41, 5.74) is 4.96. The van der Waals surface area contributed by atoms with Crippen LogP contribution in [-0.4, -0.2) is 34.7 Å². The molecule has 6 nitrogen and oxygen atoms in total. The quantitative estimate of drug-likeness (QED) is 0.382. The topological polar surface area (TPSA) is 81.2 Å². The summed E-state index contributed by atoms with van der Waals surface area (Å²) >= 11 is 1.49. The Labute approximate surface area is 176 Å². The molecule has 29 heavy (non-hydrogen) atoms. The second kappa shape index (κ2) is 11.0. The van der Waals surface area contributed by atoms with E-state index >= 15 is 0 Å². The first kappa shape index (κ1) is 22.9. The van der Waals surface area contributed by atoms with E-state index in [1.807, 2.05) is 39.2 Å². The molecule has 0 saturated heterocycles. The Morgan fingerprint density at radius 1 is 1.14 bits per heavy atom. The molecule has 2 aromatic rings. The second-order valence-corrected chi connectivity index (χ2v) is 7.68. The van der Waals surface area contributed by atoms with Crippen molar-refractivity contribution in [3.63, 3.8) is 0 Å². The van der Waals surface area contributed by atoms with Gasteiger partial charge in [0.25, 0.3) is 5.91 Å². The van der Waals surface area contributed by atoms with Crippen molar-refractivity contribution in [2.45, 2.75) is 58.2 Å². The van der Waals surface area contributed by atoms with Gasteiger partial charge in [-0.25, -0.2) is 9.97 Å². The molecule has 1 N–H and O–H groups in total. The van der Waals surface area contributed by atoms with Gasteiger partial charge in [-0.05, 0) is 56.6 Å². The van der Waals surface area contributed by atoms with Gasteiger partial charge < -0.3 is 10.1 Å². The molecule has 1 heterocycles. The third-order valence-electron chi connectivity index (χ3n) is 4.79. The predicted molar refractivity (Wildman–Crippen MR) is 115 cm³/mol. The second-order valence-electron chi connectivity index (χ2n) is 6.90. The van der Waals surface area contributed by atoms with Gasteiger partial charge in [0.2, 0.25) is 0 Å². The van der Waals surface area contributed by atoms with E-state index in [0.29, 0.717) is 6.42 Å². The number of benzene rings is 1. The number of amides is 1. The number of ether oxygens (including phenoxy) is 1. The number of nitrogens with one attached hydrogen (secondary N) is 1. The lowest BCUT2D eigenvalue weighted by molar-refractivity contribution is -0.148. The Morgan fingerprint density at radius 3 is 2.31 bits per heavy atom. The number of nitrogens with zero attached hydrogens (tertiary/aromatic N) is 2.